The van der Waals surface area contributed by atoms with Gasteiger partial charge in [0.2, 0.25) is 0 Å². The maximum atomic E-state index is 14.0. The topological polar surface area (TPSA) is 114 Å². The summed E-state index contributed by atoms with van der Waals surface area (Å²) in [6.45, 7) is 1.66. The van der Waals surface area contributed by atoms with Crippen molar-refractivity contribution >= 4 is 34.8 Å². The Morgan fingerprint density at radius 3 is 2.21 bits per heavy atom. The van der Waals surface area contributed by atoms with Gasteiger partial charge in [0.05, 0.1) is 29.8 Å². The molecule has 0 aromatic heterocycles. The second-order valence-corrected chi connectivity index (χ2v) is 10.0. The van der Waals surface area contributed by atoms with Gasteiger partial charge in [0, 0.05) is 43.0 Å². The number of hydrogen-bond donors (Lipinski definition) is 4. The van der Waals surface area contributed by atoms with Gasteiger partial charge in [0.15, 0.2) is 0 Å². The maximum absolute atomic E-state index is 14.0. The average Bonchev–Trinajstić information content (AvgIpc) is 3.12. The van der Waals surface area contributed by atoms with E-state index in [2.05, 4.69) is 15.6 Å². The zero-order valence-corrected chi connectivity index (χ0v) is 22.8. The van der Waals surface area contributed by atoms with Crippen LogP contribution in [-0.4, -0.2) is 58.6 Å². The molecule has 0 amide bonds. The fourth-order valence-corrected chi connectivity index (χ4v) is 4.70. The average molecular weight is 605 g/mol. The first-order valence-electron chi connectivity index (χ1n) is 13.4. The summed E-state index contributed by atoms with van der Waals surface area (Å²) in [5.41, 5.74) is 1.87. The molecule has 2 aliphatic rings. The molecule has 4 N–H and O–H groups in total. The van der Waals surface area contributed by atoms with E-state index in [1.807, 2.05) is 4.90 Å². The van der Waals surface area contributed by atoms with Crippen LogP contribution in [0.4, 0.5) is 39.0 Å². The maximum Gasteiger partial charge on any atom is 0.416 e. The number of hydrogen-bond acceptors (Lipinski definition) is 6. The van der Waals surface area contributed by atoms with E-state index in [-0.39, 0.29) is 24.7 Å². The third-order valence-corrected chi connectivity index (χ3v) is 6.85. The van der Waals surface area contributed by atoms with E-state index in [9.17, 15) is 31.5 Å². The molecular weight excluding hydrogens is 575 g/mol. The zero-order valence-electron chi connectivity index (χ0n) is 22.8. The summed E-state index contributed by atoms with van der Waals surface area (Å²) in [4.78, 5) is 25.9. The number of halogens is 5. The highest BCUT2D eigenvalue weighted by molar-refractivity contribution is 6.08. The molecule has 2 aliphatic heterocycles. The van der Waals surface area contributed by atoms with Gasteiger partial charge in [-0.05, 0) is 60.9 Å². The number of fused-ring (bicyclic) bond motifs is 2. The molecule has 0 aliphatic carbocycles. The van der Waals surface area contributed by atoms with E-state index < -0.39 is 29.5 Å². The standard InChI is InChI=1S/C26H23F5N4.C4H6O4/c27-18-5-1-16(2-6-18)3-8-20-15-35(12-11-32-20)25-21-13-17(26(29,30)31)4-9-22(21)33-23-10-7-19(28)14-24(23)34-25;5-3(6)1-2-4(7)8/h1-2,4-7,9-10,13-14,20,32-33H,3,8,11-12,15H2;1-2H2,(H,5,6)(H,7,8)/t20-;/m0./s1. The highest BCUT2D eigenvalue weighted by Crippen LogP contribution is 2.38. The van der Waals surface area contributed by atoms with Crippen LogP contribution in [0.15, 0.2) is 65.7 Å². The molecule has 0 spiro atoms. The van der Waals surface area contributed by atoms with Gasteiger partial charge in [-0.25, -0.2) is 13.8 Å². The molecule has 0 unspecified atom stereocenters. The van der Waals surface area contributed by atoms with E-state index in [1.54, 1.807) is 12.1 Å². The van der Waals surface area contributed by atoms with Crippen molar-refractivity contribution in [1.29, 1.82) is 0 Å². The Morgan fingerprint density at radius 2 is 1.56 bits per heavy atom. The first-order valence-corrected chi connectivity index (χ1v) is 13.4. The van der Waals surface area contributed by atoms with Gasteiger partial charge in [-0.15, -0.1) is 0 Å². The minimum Gasteiger partial charge on any atom is -0.481 e. The number of carboxylic acids is 2. The lowest BCUT2D eigenvalue weighted by Gasteiger charge is -2.36. The number of aliphatic carboxylic acids is 2. The lowest BCUT2D eigenvalue weighted by molar-refractivity contribution is -0.143. The molecule has 1 fully saturated rings. The summed E-state index contributed by atoms with van der Waals surface area (Å²) in [6.07, 6.45) is -3.62. The number of rotatable bonds is 6. The number of carboxylic acid groups (broad SMARTS) is 2. The van der Waals surface area contributed by atoms with Crippen molar-refractivity contribution in [2.75, 3.05) is 25.0 Å². The molecule has 0 radical (unpaired) electrons. The molecule has 3 aromatic carbocycles. The summed E-state index contributed by atoms with van der Waals surface area (Å²) < 4.78 is 67.8. The first kappa shape index (κ1) is 31.4. The van der Waals surface area contributed by atoms with Crippen LogP contribution in [0.5, 0.6) is 0 Å². The number of nitrogens with one attached hydrogen (secondary N) is 2. The summed E-state index contributed by atoms with van der Waals surface area (Å²) in [5.74, 6) is -2.55. The Bertz CT molecular complexity index is 1480. The third kappa shape index (κ3) is 8.74. The molecule has 3 aromatic rings. The van der Waals surface area contributed by atoms with E-state index in [0.29, 0.717) is 48.1 Å². The van der Waals surface area contributed by atoms with Crippen molar-refractivity contribution in [3.05, 3.63) is 89.0 Å². The van der Waals surface area contributed by atoms with E-state index >= 15 is 0 Å². The number of aryl methyl sites for hydroxylation is 1. The Balaban J connectivity index is 0.000000467. The molecule has 43 heavy (non-hydrogen) atoms. The number of nitrogens with zero attached hydrogens (tertiary/aromatic N) is 2. The normalized spacial score (nSPS) is 16.0. The van der Waals surface area contributed by atoms with Crippen LogP contribution in [-0.2, 0) is 22.2 Å². The summed E-state index contributed by atoms with van der Waals surface area (Å²) in [5, 5.41) is 22.4. The monoisotopic (exact) mass is 604 g/mol. The Morgan fingerprint density at radius 1 is 0.907 bits per heavy atom. The fourth-order valence-electron chi connectivity index (χ4n) is 4.70. The van der Waals surface area contributed by atoms with Gasteiger partial charge in [-0.1, -0.05) is 12.1 Å². The van der Waals surface area contributed by atoms with Gasteiger partial charge >= 0.3 is 18.1 Å². The smallest absolute Gasteiger partial charge is 0.416 e. The van der Waals surface area contributed by atoms with Gasteiger partial charge in [-0.3, -0.25) is 9.59 Å². The second kappa shape index (κ2) is 13.6. The Kier molecular flexibility index (Phi) is 9.96. The molecule has 8 nitrogen and oxygen atoms in total. The molecule has 0 bridgehead atoms. The highest BCUT2D eigenvalue weighted by atomic mass is 19.4. The van der Waals surface area contributed by atoms with Crippen molar-refractivity contribution in [3.63, 3.8) is 0 Å². The number of benzene rings is 3. The minimum atomic E-state index is -4.51. The van der Waals surface area contributed by atoms with Crippen molar-refractivity contribution in [2.45, 2.75) is 37.9 Å². The van der Waals surface area contributed by atoms with E-state index in [0.717, 1.165) is 30.5 Å². The molecule has 2 heterocycles. The number of amidine groups is 1. The number of carbonyl (C=O) groups is 2. The minimum absolute atomic E-state index is 0.0499. The van der Waals surface area contributed by atoms with Crippen LogP contribution in [0.25, 0.3) is 0 Å². The number of aliphatic imine (C=N–C) groups is 1. The summed E-state index contributed by atoms with van der Waals surface area (Å²) in [6, 6.07) is 14.0. The van der Waals surface area contributed by atoms with Crippen molar-refractivity contribution in [1.82, 2.24) is 10.2 Å². The van der Waals surface area contributed by atoms with Gasteiger partial charge in [-0.2, -0.15) is 13.2 Å². The van der Waals surface area contributed by atoms with E-state index in [4.69, 9.17) is 10.2 Å². The van der Waals surface area contributed by atoms with Gasteiger partial charge < -0.3 is 25.7 Å². The van der Waals surface area contributed by atoms with Crippen molar-refractivity contribution in [2.24, 2.45) is 4.99 Å². The fraction of sp³-hybridized carbons (Fsp3) is 0.300. The predicted octanol–water partition coefficient (Wildman–Crippen LogP) is 5.96. The van der Waals surface area contributed by atoms with Gasteiger partial charge in [0.1, 0.15) is 17.5 Å². The summed E-state index contributed by atoms with van der Waals surface area (Å²) >= 11 is 0. The molecule has 5 rings (SSSR count). The van der Waals surface area contributed by atoms with Crippen molar-refractivity contribution < 1.29 is 41.8 Å². The SMILES string of the molecule is Fc1ccc(CC[C@H]2CN(C3=Nc4cc(F)ccc4Nc4ccc(C(F)(F)F)cc43)CCN2)cc1.O=C(O)CCC(=O)O. The van der Waals surface area contributed by atoms with Crippen molar-refractivity contribution in [3.8, 4) is 0 Å². The number of piperazine rings is 1. The lowest BCUT2D eigenvalue weighted by atomic mass is 10.0. The second-order valence-electron chi connectivity index (χ2n) is 10.0. The van der Waals surface area contributed by atoms with Gasteiger partial charge in [0.25, 0.3) is 0 Å². The first-order chi connectivity index (χ1) is 20.4. The quantitative estimate of drug-likeness (QED) is 0.257. The van der Waals surface area contributed by atoms with Crippen LogP contribution in [0.2, 0.25) is 0 Å². The van der Waals surface area contributed by atoms with Crippen LogP contribution in [0, 0.1) is 11.6 Å². The molecule has 0 saturated carbocycles. The molecule has 228 valence electrons. The largest absolute Gasteiger partial charge is 0.481 e. The molecule has 1 atom stereocenters. The van der Waals surface area contributed by atoms with Crippen LogP contribution >= 0.6 is 0 Å². The Hall–Kier alpha value is -4.52. The Labute approximate surface area is 243 Å². The van der Waals surface area contributed by atoms with Crippen LogP contribution in [0.3, 0.4) is 0 Å². The molecule has 13 heteroatoms. The highest BCUT2D eigenvalue weighted by Gasteiger charge is 2.33. The number of alkyl halides is 3. The predicted molar refractivity (Wildman–Crippen MR) is 150 cm³/mol. The molecular formula is C30H29F5N4O4. The number of anilines is 2. The van der Waals surface area contributed by atoms with Crippen LogP contribution < -0.4 is 10.6 Å². The van der Waals surface area contributed by atoms with E-state index in [1.165, 1.54) is 36.4 Å². The van der Waals surface area contributed by atoms with Crippen LogP contribution in [0.1, 0.15) is 36.0 Å². The summed E-state index contributed by atoms with van der Waals surface area (Å²) in [7, 11) is 0. The molecule has 1 saturated heterocycles. The third-order valence-electron chi connectivity index (χ3n) is 6.85. The lowest BCUT2D eigenvalue weighted by Crippen LogP contribution is -2.53. The zero-order chi connectivity index (χ0) is 31.1.